The molecule has 0 radical (unpaired) electrons. The van der Waals surface area contributed by atoms with Gasteiger partial charge in [0.25, 0.3) is 0 Å². The third kappa shape index (κ3) is 2.38. The fourth-order valence-corrected chi connectivity index (χ4v) is 2.38. The number of pyridine rings is 1. The van der Waals surface area contributed by atoms with Crippen molar-refractivity contribution >= 4 is 16.9 Å². The summed E-state index contributed by atoms with van der Waals surface area (Å²) in [5, 5.41) is 13.9. The molecule has 0 amide bonds. The van der Waals surface area contributed by atoms with Crippen LogP contribution in [0, 0.1) is 6.92 Å². The van der Waals surface area contributed by atoms with Gasteiger partial charge in [-0.1, -0.05) is 18.1 Å². The largest absolute Gasteiger partial charge is 0.478 e. The van der Waals surface area contributed by atoms with E-state index >= 15 is 0 Å². The molecular weight excluding hydrogens is 268 g/mol. The van der Waals surface area contributed by atoms with Gasteiger partial charge in [-0.15, -0.1) is 0 Å². The van der Waals surface area contributed by atoms with Gasteiger partial charge in [0.1, 0.15) is 5.76 Å². The molecule has 5 nitrogen and oxygen atoms in total. The fraction of sp³-hybridized carbons (Fsp3) is 0.188. The fourth-order valence-electron chi connectivity index (χ4n) is 2.38. The number of aryl methyl sites for hydroxylation is 1. The normalized spacial score (nSPS) is 12.5. The van der Waals surface area contributed by atoms with Crippen LogP contribution in [0.5, 0.6) is 0 Å². The summed E-state index contributed by atoms with van der Waals surface area (Å²) in [5.74, 6) is -0.177. The van der Waals surface area contributed by atoms with Crippen LogP contribution in [0.15, 0.2) is 41.1 Å². The zero-order valence-electron chi connectivity index (χ0n) is 11.7. The van der Waals surface area contributed by atoms with Gasteiger partial charge in [0.2, 0.25) is 0 Å². The van der Waals surface area contributed by atoms with Crippen LogP contribution >= 0.6 is 0 Å². The number of hydrogen-bond donors (Lipinski definition) is 1. The maximum Gasteiger partial charge on any atom is 0.336 e. The molecule has 1 N–H and O–H groups in total. The maximum atomic E-state index is 11.3. The molecule has 0 spiro atoms. The summed E-state index contributed by atoms with van der Waals surface area (Å²) in [5.41, 5.74) is 2.73. The van der Waals surface area contributed by atoms with Crippen LogP contribution in [0.3, 0.4) is 0 Å². The molecular formula is C16H14N2O3. The first-order valence-electron chi connectivity index (χ1n) is 6.61. The summed E-state index contributed by atoms with van der Waals surface area (Å²) >= 11 is 0. The molecule has 0 unspecified atom stereocenters. The summed E-state index contributed by atoms with van der Waals surface area (Å²) in [6.07, 6.45) is 1.51. The second-order valence-electron chi connectivity index (χ2n) is 5.02. The number of aromatic carboxylic acids is 1. The Kier molecular flexibility index (Phi) is 3.17. The van der Waals surface area contributed by atoms with E-state index in [0.29, 0.717) is 10.9 Å². The van der Waals surface area contributed by atoms with Gasteiger partial charge in [-0.3, -0.25) is 4.98 Å². The Bertz CT molecular complexity index is 823. The van der Waals surface area contributed by atoms with Crippen LogP contribution in [0.2, 0.25) is 0 Å². The molecule has 106 valence electrons. The van der Waals surface area contributed by atoms with Crippen molar-refractivity contribution in [3.63, 3.8) is 0 Å². The second kappa shape index (κ2) is 5.01. The number of carboxylic acids is 1. The number of hydrogen-bond acceptors (Lipinski definition) is 4. The summed E-state index contributed by atoms with van der Waals surface area (Å²) in [7, 11) is 0. The number of rotatable bonds is 3. The lowest BCUT2D eigenvalue weighted by Gasteiger charge is -2.10. The van der Waals surface area contributed by atoms with Crippen molar-refractivity contribution in [2.75, 3.05) is 0 Å². The Balaban J connectivity index is 2.12. The number of nitrogens with zero attached hydrogens (tertiary/aromatic N) is 2. The van der Waals surface area contributed by atoms with E-state index < -0.39 is 5.97 Å². The number of carbonyl (C=O) groups is 1. The number of aromatic nitrogens is 2. The number of benzene rings is 1. The van der Waals surface area contributed by atoms with E-state index in [-0.39, 0.29) is 11.5 Å². The molecule has 0 saturated carbocycles. The molecule has 3 rings (SSSR count). The van der Waals surface area contributed by atoms with Gasteiger partial charge in [0.15, 0.2) is 0 Å². The van der Waals surface area contributed by atoms with Crippen LogP contribution in [0.25, 0.3) is 10.9 Å². The molecule has 0 bridgehead atoms. The van der Waals surface area contributed by atoms with Gasteiger partial charge in [0.05, 0.1) is 16.8 Å². The van der Waals surface area contributed by atoms with Gasteiger partial charge in [-0.25, -0.2) is 4.79 Å². The highest BCUT2D eigenvalue weighted by Gasteiger charge is 2.15. The third-order valence-electron chi connectivity index (χ3n) is 3.59. The van der Waals surface area contributed by atoms with Crippen LogP contribution in [-0.4, -0.2) is 21.2 Å². The molecule has 1 aromatic carbocycles. The predicted molar refractivity (Wildman–Crippen MR) is 77.5 cm³/mol. The minimum absolute atomic E-state index is 0.0219. The van der Waals surface area contributed by atoms with Crippen molar-refractivity contribution in [3.8, 4) is 0 Å². The lowest BCUT2D eigenvalue weighted by Crippen LogP contribution is -2.01. The quantitative estimate of drug-likeness (QED) is 0.797. The van der Waals surface area contributed by atoms with Gasteiger partial charge in [-0.05, 0) is 30.7 Å². The standard InChI is InChI=1S/C16H14N2O3/c1-9-7-15(18-21-9)10(2)11-3-4-14-13(8-11)12(16(19)20)5-6-17-14/h3-8,10H,1-2H3,(H,19,20)/t10-/m0/s1. The molecule has 0 saturated heterocycles. The van der Waals surface area contributed by atoms with E-state index in [0.717, 1.165) is 17.0 Å². The monoisotopic (exact) mass is 282 g/mol. The molecule has 2 heterocycles. The van der Waals surface area contributed by atoms with Crippen LogP contribution < -0.4 is 0 Å². The van der Waals surface area contributed by atoms with Gasteiger partial charge in [-0.2, -0.15) is 0 Å². The zero-order chi connectivity index (χ0) is 15.0. The Labute approximate surface area is 121 Å². The van der Waals surface area contributed by atoms with Gasteiger partial charge in [0, 0.05) is 23.6 Å². The van der Waals surface area contributed by atoms with Crippen molar-refractivity contribution in [2.24, 2.45) is 0 Å². The minimum Gasteiger partial charge on any atom is -0.478 e. The number of carboxylic acid groups (broad SMARTS) is 1. The highest BCUT2D eigenvalue weighted by molar-refractivity contribution is 6.02. The highest BCUT2D eigenvalue weighted by Crippen LogP contribution is 2.27. The first-order valence-corrected chi connectivity index (χ1v) is 6.61. The average Bonchev–Trinajstić information content (AvgIpc) is 2.91. The van der Waals surface area contributed by atoms with Crippen molar-refractivity contribution in [1.29, 1.82) is 0 Å². The molecule has 3 aromatic rings. The van der Waals surface area contributed by atoms with Crippen molar-refractivity contribution in [2.45, 2.75) is 19.8 Å². The van der Waals surface area contributed by atoms with E-state index in [4.69, 9.17) is 4.52 Å². The zero-order valence-corrected chi connectivity index (χ0v) is 11.7. The Morgan fingerprint density at radius 3 is 2.76 bits per heavy atom. The van der Waals surface area contributed by atoms with Crippen molar-refractivity contribution in [3.05, 3.63) is 59.1 Å². The number of fused-ring (bicyclic) bond motifs is 1. The van der Waals surface area contributed by atoms with Crippen LogP contribution in [0.4, 0.5) is 0 Å². The molecule has 1 atom stereocenters. The second-order valence-corrected chi connectivity index (χ2v) is 5.02. The Morgan fingerprint density at radius 1 is 1.29 bits per heavy atom. The van der Waals surface area contributed by atoms with E-state index in [1.807, 2.05) is 38.1 Å². The Hall–Kier alpha value is -2.69. The molecule has 0 aliphatic carbocycles. The molecule has 5 heteroatoms. The SMILES string of the molecule is Cc1cc([C@@H](C)c2ccc3nccc(C(=O)O)c3c2)no1. The maximum absolute atomic E-state index is 11.3. The molecule has 2 aromatic heterocycles. The molecule has 0 aliphatic rings. The topological polar surface area (TPSA) is 76.2 Å². The lowest BCUT2D eigenvalue weighted by atomic mass is 9.95. The Morgan fingerprint density at radius 2 is 2.10 bits per heavy atom. The lowest BCUT2D eigenvalue weighted by molar-refractivity contribution is 0.0699. The predicted octanol–water partition coefficient (Wildman–Crippen LogP) is 3.38. The van der Waals surface area contributed by atoms with E-state index in [1.54, 1.807) is 0 Å². The third-order valence-corrected chi connectivity index (χ3v) is 3.59. The first-order chi connectivity index (χ1) is 10.1. The van der Waals surface area contributed by atoms with E-state index in [2.05, 4.69) is 10.1 Å². The summed E-state index contributed by atoms with van der Waals surface area (Å²) < 4.78 is 5.10. The average molecular weight is 282 g/mol. The van der Waals surface area contributed by atoms with E-state index in [1.165, 1.54) is 12.3 Å². The van der Waals surface area contributed by atoms with E-state index in [9.17, 15) is 9.90 Å². The molecule has 0 fully saturated rings. The molecule has 21 heavy (non-hydrogen) atoms. The summed E-state index contributed by atoms with van der Waals surface area (Å²) in [6, 6.07) is 9.03. The summed E-state index contributed by atoms with van der Waals surface area (Å²) in [4.78, 5) is 15.5. The first kappa shape index (κ1) is 13.3. The summed E-state index contributed by atoms with van der Waals surface area (Å²) in [6.45, 7) is 3.85. The van der Waals surface area contributed by atoms with Gasteiger partial charge < -0.3 is 9.63 Å². The smallest absolute Gasteiger partial charge is 0.336 e. The van der Waals surface area contributed by atoms with Crippen molar-refractivity contribution < 1.29 is 14.4 Å². The van der Waals surface area contributed by atoms with Crippen LogP contribution in [0.1, 0.15) is 40.2 Å². The van der Waals surface area contributed by atoms with Gasteiger partial charge >= 0.3 is 5.97 Å². The highest BCUT2D eigenvalue weighted by atomic mass is 16.5. The van der Waals surface area contributed by atoms with Crippen molar-refractivity contribution in [1.82, 2.24) is 10.1 Å². The molecule has 0 aliphatic heterocycles. The minimum atomic E-state index is -0.954. The van der Waals surface area contributed by atoms with Crippen LogP contribution in [-0.2, 0) is 0 Å².